The number of nitrogens with one attached hydrogen (secondary N) is 1. The maximum absolute atomic E-state index is 12.8. The van der Waals surface area contributed by atoms with Crippen molar-refractivity contribution in [3.05, 3.63) is 46.4 Å². The predicted molar refractivity (Wildman–Crippen MR) is 91.7 cm³/mol. The standard InChI is InChI=1S/C18H20N2O5/c21-16(22)7-8-20(11-13-5-3-9-25-13)18(24)15-10-12-4-1-2-6-14(12)17(23)19-15/h1-2,4,6,10,13H,3,5,7-9,11H2,(H,19,23)(H,21,22)/t13-/m0/s1. The average Bonchev–Trinajstić information content (AvgIpc) is 3.11. The topological polar surface area (TPSA) is 99.7 Å². The van der Waals surface area contributed by atoms with Crippen molar-refractivity contribution in [1.29, 1.82) is 0 Å². The van der Waals surface area contributed by atoms with Gasteiger partial charge in [-0.25, -0.2) is 0 Å². The molecule has 7 nitrogen and oxygen atoms in total. The molecule has 0 unspecified atom stereocenters. The number of pyridine rings is 1. The van der Waals surface area contributed by atoms with E-state index in [1.54, 1.807) is 30.3 Å². The smallest absolute Gasteiger partial charge is 0.305 e. The van der Waals surface area contributed by atoms with Gasteiger partial charge in [-0.3, -0.25) is 14.4 Å². The lowest BCUT2D eigenvalue weighted by Crippen LogP contribution is -2.39. The zero-order valence-electron chi connectivity index (χ0n) is 13.7. The van der Waals surface area contributed by atoms with Crippen LogP contribution in [0.2, 0.25) is 0 Å². The number of carboxylic acid groups (broad SMARTS) is 1. The number of aromatic nitrogens is 1. The molecule has 132 valence electrons. The van der Waals surface area contributed by atoms with Crippen LogP contribution in [-0.2, 0) is 9.53 Å². The van der Waals surface area contributed by atoms with Crippen LogP contribution in [0.5, 0.6) is 0 Å². The second kappa shape index (κ2) is 7.48. The minimum atomic E-state index is -0.975. The molecule has 0 radical (unpaired) electrons. The largest absolute Gasteiger partial charge is 0.481 e. The number of carbonyl (C=O) groups is 2. The van der Waals surface area contributed by atoms with Gasteiger partial charge in [0.2, 0.25) is 0 Å². The summed E-state index contributed by atoms with van der Waals surface area (Å²) in [5.41, 5.74) is -0.177. The summed E-state index contributed by atoms with van der Waals surface area (Å²) in [6.07, 6.45) is 1.52. The third kappa shape index (κ3) is 4.06. The zero-order chi connectivity index (χ0) is 17.8. The first-order valence-electron chi connectivity index (χ1n) is 8.29. The Balaban J connectivity index is 1.87. The number of carbonyl (C=O) groups excluding carboxylic acids is 1. The second-order valence-corrected chi connectivity index (χ2v) is 6.13. The van der Waals surface area contributed by atoms with E-state index in [-0.39, 0.29) is 36.2 Å². The molecular weight excluding hydrogens is 324 g/mol. The van der Waals surface area contributed by atoms with Crippen molar-refractivity contribution in [2.24, 2.45) is 0 Å². The Kier molecular flexibility index (Phi) is 5.14. The summed E-state index contributed by atoms with van der Waals surface area (Å²) in [6, 6.07) is 8.64. The van der Waals surface area contributed by atoms with Crippen LogP contribution in [-0.4, -0.2) is 52.7 Å². The number of hydrogen-bond acceptors (Lipinski definition) is 4. The third-order valence-corrected chi connectivity index (χ3v) is 4.31. The lowest BCUT2D eigenvalue weighted by Gasteiger charge is -2.25. The van der Waals surface area contributed by atoms with Gasteiger partial charge in [-0.05, 0) is 30.4 Å². The number of rotatable bonds is 6. The van der Waals surface area contributed by atoms with Crippen molar-refractivity contribution in [3.8, 4) is 0 Å². The molecular formula is C18H20N2O5. The van der Waals surface area contributed by atoms with Gasteiger partial charge in [-0.2, -0.15) is 0 Å². The highest BCUT2D eigenvalue weighted by Crippen LogP contribution is 2.16. The van der Waals surface area contributed by atoms with Gasteiger partial charge in [0.1, 0.15) is 5.69 Å². The predicted octanol–water partition coefficient (Wildman–Crippen LogP) is 1.62. The molecule has 1 saturated heterocycles. The maximum atomic E-state index is 12.8. The van der Waals surface area contributed by atoms with Crippen LogP contribution in [0.15, 0.2) is 35.1 Å². The summed E-state index contributed by atoms with van der Waals surface area (Å²) in [5, 5.41) is 10.1. The van der Waals surface area contributed by atoms with E-state index in [9.17, 15) is 14.4 Å². The molecule has 1 atom stereocenters. The van der Waals surface area contributed by atoms with Crippen LogP contribution in [0.3, 0.4) is 0 Å². The Hall–Kier alpha value is -2.67. The van der Waals surface area contributed by atoms with Gasteiger partial charge in [0.05, 0.1) is 12.5 Å². The van der Waals surface area contributed by atoms with Gasteiger partial charge >= 0.3 is 5.97 Å². The molecule has 2 aromatic rings. The first kappa shape index (κ1) is 17.2. The first-order valence-corrected chi connectivity index (χ1v) is 8.29. The number of H-pyrrole nitrogens is 1. The average molecular weight is 344 g/mol. The summed E-state index contributed by atoms with van der Waals surface area (Å²) in [4.78, 5) is 40.0. The molecule has 2 N–H and O–H groups in total. The van der Waals surface area contributed by atoms with Crippen molar-refractivity contribution in [3.63, 3.8) is 0 Å². The highest BCUT2D eigenvalue weighted by atomic mass is 16.5. The van der Waals surface area contributed by atoms with Gasteiger partial charge in [0, 0.05) is 25.1 Å². The summed E-state index contributed by atoms with van der Waals surface area (Å²) >= 11 is 0. The van der Waals surface area contributed by atoms with Gasteiger partial charge in [0.15, 0.2) is 0 Å². The number of ether oxygens (including phenoxy) is 1. The molecule has 0 saturated carbocycles. The van der Waals surface area contributed by atoms with Crippen molar-refractivity contribution < 1.29 is 19.4 Å². The van der Waals surface area contributed by atoms with Crippen LogP contribution >= 0.6 is 0 Å². The van der Waals surface area contributed by atoms with E-state index in [1.165, 1.54) is 4.90 Å². The van der Waals surface area contributed by atoms with Crippen molar-refractivity contribution in [2.45, 2.75) is 25.4 Å². The number of carboxylic acids is 1. The molecule has 1 amide bonds. The minimum Gasteiger partial charge on any atom is -0.481 e. The monoisotopic (exact) mass is 344 g/mol. The summed E-state index contributed by atoms with van der Waals surface area (Å²) in [7, 11) is 0. The molecule has 0 bridgehead atoms. The Morgan fingerprint density at radius 2 is 2.12 bits per heavy atom. The van der Waals surface area contributed by atoms with E-state index in [4.69, 9.17) is 9.84 Å². The minimum absolute atomic E-state index is 0.0723. The number of hydrogen-bond donors (Lipinski definition) is 2. The lowest BCUT2D eigenvalue weighted by molar-refractivity contribution is -0.137. The molecule has 25 heavy (non-hydrogen) atoms. The molecule has 1 aromatic carbocycles. The van der Waals surface area contributed by atoms with Crippen LogP contribution in [0.4, 0.5) is 0 Å². The normalized spacial score (nSPS) is 16.9. The van der Waals surface area contributed by atoms with Gasteiger partial charge < -0.3 is 19.7 Å². The number of nitrogens with zero attached hydrogens (tertiary/aromatic N) is 1. The van der Waals surface area contributed by atoms with E-state index in [0.29, 0.717) is 23.9 Å². The molecule has 1 fully saturated rings. The quantitative estimate of drug-likeness (QED) is 0.829. The molecule has 0 spiro atoms. The zero-order valence-corrected chi connectivity index (χ0v) is 13.7. The molecule has 1 aromatic heterocycles. The van der Waals surface area contributed by atoms with E-state index >= 15 is 0 Å². The Labute approximate surface area is 144 Å². The van der Waals surface area contributed by atoms with Gasteiger partial charge in [-0.15, -0.1) is 0 Å². The summed E-state index contributed by atoms with van der Waals surface area (Å²) in [6.45, 7) is 1.04. The molecule has 1 aliphatic heterocycles. The molecule has 2 heterocycles. The molecule has 0 aliphatic carbocycles. The number of benzene rings is 1. The first-order chi connectivity index (χ1) is 12.0. The lowest BCUT2D eigenvalue weighted by atomic mass is 10.1. The fourth-order valence-corrected chi connectivity index (χ4v) is 3.04. The SMILES string of the molecule is O=C(O)CCN(C[C@@H]1CCCO1)C(=O)c1cc2ccccc2c(=O)[nH]1. The van der Waals surface area contributed by atoms with Crippen molar-refractivity contribution >= 4 is 22.6 Å². The van der Waals surface area contributed by atoms with Gasteiger partial charge in [-0.1, -0.05) is 18.2 Å². The summed E-state index contributed by atoms with van der Waals surface area (Å²) < 4.78 is 5.56. The van der Waals surface area contributed by atoms with E-state index in [1.807, 2.05) is 0 Å². The molecule has 7 heteroatoms. The summed E-state index contributed by atoms with van der Waals surface area (Å²) in [5.74, 6) is -1.36. The molecule has 3 rings (SSSR count). The Morgan fingerprint density at radius 1 is 1.32 bits per heavy atom. The Morgan fingerprint density at radius 3 is 2.84 bits per heavy atom. The van der Waals surface area contributed by atoms with Gasteiger partial charge in [0.25, 0.3) is 11.5 Å². The number of amides is 1. The fourth-order valence-electron chi connectivity index (χ4n) is 3.04. The molecule has 1 aliphatic rings. The van der Waals surface area contributed by atoms with Crippen LogP contribution in [0.1, 0.15) is 29.8 Å². The van der Waals surface area contributed by atoms with E-state index in [2.05, 4.69) is 4.98 Å². The van der Waals surface area contributed by atoms with E-state index < -0.39 is 5.97 Å². The maximum Gasteiger partial charge on any atom is 0.305 e. The van der Waals surface area contributed by atoms with Crippen molar-refractivity contribution in [1.82, 2.24) is 9.88 Å². The second-order valence-electron chi connectivity index (χ2n) is 6.13. The number of fused-ring (bicyclic) bond motifs is 1. The van der Waals surface area contributed by atoms with Crippen LogP contribution in [0, 0.1) is 0 Å². The van der Waals surface area contributed by atoms with Crippen LogP contribution in [0.25, 0.3) is 10.8 Å². The van der Waals surface area contributed by atoms with Crippen LogP contribution < -0.4 is 5.56 Å². The van der Waals surface area contributed by atoms with E-state index in [0.717, 1.165) is 12.8 Å². The highest BCUT2D eigenvalue weighted by Gasteiger charge is 2.24. The van der Waals surface area contributed by atoms with Crippen molar-refractivity contribution in [2.75, 3.05) is 19.7 Å². The number of aromatic amines is 1. The fraction of sp³-hybridized carbons (Fsp3) is 0.389. The number of aliphatic carboxylic acids is 1. The highest BCUT2D eigenvalue weighted by molar-refractivity contribution is 5.96. The Bertz CT molecular complexity index is 839. The third-order valence-electron chi connectivity index (χ3n) is 4.31.